The lowest BCUT2D eigenvalue weighted by atomic mass is 9.83. The van der Waals surface area contributed by atoms with Crippen molar-refractivity contribution in [2.75, 3.05) is 0 Å². The van der Waals surface area contributed by atoms with Crippen molar-refractivity contribution in [3.63, 3.8) is 0 Å². The zero-order valence-corrected chi connectivity index (χ0v) is 14.1. The predicted octanol–water partition coefficient (Wildman–Crippen LogP) is 6.55. The molecule has 0 aromatic heterocycles. The summed E-state index contributed by atoms with van der Waals surface area (Å²) in [6, 6.07) is 0. The third kappa shape index (κ3) is 8.16. The van der Waals surface area contributed by atoms with Gasteiger partial charge in [0, 0.05) is 0 Å². The predicted molar refractivity (Wildman–Crippen MR) is 84.9 cm³/mol. The van der Waals surface area contributed by atoms with E-state index in [1.165, 1.54) is 38.5 Å². The zero-order chi connectivity index (χ0) is 14.1. The first-order chi connectivity index (χ1) is 8.36. The highest BCUT2D eigenvalue weighted by Crippen LogP contribution is 2.25. The highest BCUT2D eigenvalue weighted by atomic mass is 14.2. The van der Waals surface area contributed by atoms with Crippen LogP contribution in [0.3, 0.4) is 0 Å². The molecular formula is C18H38. The maximum atomic E-state index is 2.44. The van der Waals surface area contributed by atoms with Gasteiger partial charge in [-0.2, -0.15) is 0 Å². The quantitative estimate of drug-likeness (QED) is 0.388. The molecule has 3 atom stereocenters. The average Bonchev–Trinajstić information content (AvgIpc) is 2.31. The monoisotopic (exact) mass is 254 g/mol. The molecule has 0 radical (unpaired) electrons. The summed E-state index contributed by atoms with van der Waals surface area (Å²) in [5.41, 5.74) is 0. The van der Waals surface area contributed by atoms with E-state index in [2.05, 4.69) is 48.5 Å². The average molecular weight is 255 g/mol. The summed E-state index contributed by atoms with van der Waals surface area (Å²) < 4.78 is 0. The third-order valence-corrected chi connectivity index (χ3v) is 5.16. The molecule has 0 bridgehead atoms. The topological polar surface area (TPSA) is 0 Å². The van der Waals surface area contributed by atoms with Crippen LogP contribution in [0.5, 0.6) is 0 Å². The normalized spacial score (nSPS) is 17.2. The van der Waals surface area contributed by atoms with E-state index < -0.39 is 0 Å². The van der Waals surface area contributed by atoms with Gasteiger partial charge in [0.2, 0.25) is 0 Å². The van der Waals surface area contributed by atoms with E-state index >= 15 is 0 Å². The Morgan fingerprint density at radius 1 is 0.500 bits per heavy atom. The lowest BCUT2D eigenvalue weighted by Crippen LogP contribution is -2.14. The fourth-order valence-corrected chi connectivity index (χ4v) is 2.54. The van der Waals surface area contributed by atoms with E-state index in [9.17, 15) is 0 Å². The molecule has 0 aromatic carbocycles. The molecule has 0 aliphatic carbocycles. The van der Waals surface area contributed by atoms with E-state index in [1.54, 1.807) is 0 Å². The molecule has 0 heterocycles. The van der Waals surface area contributed by atoms with Crippen molar-refractivity contribution in [3.8, 4) is 0 Å². The molecule has 0 spiro atoms. The molecule has 110 valence electrons. The molecule has 0 fully saturated rings. The molecule has 3 unspecified atom stereocenters. The van der Waals surface area contributed by atoms with E-state index in [-0.39, 0.29) is 0 Å². The van der Waals surface area contributed by atoms with E-state index in [0.29, 0.717) is 0 Å². The Hall–Kier alpha value is 0. The summed E-state index contributed by atoms with van der Waals surface area (Å²) in [7, 11) is 0. The van der Waals surface area contributed by atoms with Crippen LogP contribution in [0, 0.1) is 29.6 Å². The standard InChI is InChI=1S/C18H38/c1-14(2)16(5)12-10-8-9-11-13-17(6)18(7)15(3)4/h14-18H,8-13H2,1-7H3. The fraction of sp³-hybridized carbons (Fsp3) is 1.00. The number of unbranched alkanes of at least 4 members (excludes halogenated alkanes) is 3. The Balaban J connectivity index is 3.46. The van der Waals surface area contributed by atoms with Crippen molar-refractivity contribution in [2.45, 2.75) is 87.0 Å². The van der Waals surface area contributed by atoms with E-state index in [1.807, 2.05) is 0 Å². The minimum Gasteiger partial charge on any atom is -0.0625 e. The molecule has 0 amide bonds. The minimum atomic E-state index is 0.840. The first-order valence-electron chi connectivity index (χ1n) is 8.36. The van der Waals surface area contributed by atoms with Crippen molar-refractivity contribution >= 4 is 0 Å². The molecule has 18 heavy (non-hydrogen) atoms. The molecule has 0 nitrogen and oxygen atoms in total. The summed E-state index contributed by atoms with van der Waals surface area (Å²) in [5, 5.41) is 0. The summed E-state index contributed by atoms with van der Waals surface area (Å²) in [6.07, 6.45) is 8.62. The lowest BCUT2D eigenvalue weighted by Gasteiger charge is -2.23. The molecule has 0 saturated carbocycles. The van der Waals surface area contributed by atoms with Crippen LogP contribution >= 0.6 is 0 Å². The van der Waals surface area contributed by atoms with Crippen molar-refractivity contribution < 1.29 is 0 Å². The number of hydrogen-bond donors (Lipinski definition) is 0. The van der Waals surface area contributed by atoms with Crippen LogP contribution in [-0.4, -0.2) is 0 Å². The lowest BCUT2D eigenvalue weighted by molar-refractivity contribution is 0.274. The van der Waals surface area contributed by atoms with Gasteiger partial charge in [-0.25, -0.2) is 0 Å². The van der Waals surface area contributed by atoms with Crippen LogP contribution in [0.2, 0.25) is 0 Å². The van der Waals surface area contributed by atoms with Gasteiger partial charge in [-0.15, -0.1) is 0 Å². The summed E-state index contributed by atoms with van der Waals surface area (Å²) >= 11 is 0. The maximum absolute atomic E-state index is 2.44. The molecule has 0 aromatic rings. The minimum absolute atomic E-state index is 0.840. The summed E-state index contributed by atoms with van der Waals surface area (Å²) in [4.78, 5) is 0. The van der Waals surface area contributed by atoms with Crippen LogP contribution in [0.1, 0.15) is 87.0 Å². The van der Waals surface area contributed by atoms with Gasteiger partial charge in [0.15, 0.2) is 0 Å². The molecule has 0 heteroatoms. The first-order valence-corrected chi connectivity index (χ1v) is 8.36. The van der Waals surface area contributed by atoms with Crippen LogP contribution in [0.25, 0.3) is 0 Å². The summed E-state index contributed by atoms with van der Waals surface area (Å²) in [5.74, 6) is 4.39. The van der Waals surface area contributed by atoms with E-state index in [4.69, 9.17) is 0 Å². The second-order valence-corrected chi connectivity index (χ2v) is 7.29. The van der Waals surface area contributed by atoms with Gasteiger partial charge < -0.3 is 0 Å². The van der Waals surface area contributed by atoms with Crippen molar-refractivity contribution in [2.24, 2.45) is 29.6 Å². The molecule has 0 N–H and O–H groups in total. The molecule has 0 rings (SSSR count). The molecule has 0 aliphatic rings. The maximum Gasteiger partial charge on any atom is -0.0394 e. The van der Waals surface area contributed by atoms with Gasteiger partial charge in [0.25, 0.3) is 0 Å². The van der Waals surface area contributed by atoms with E-state index in [0.717, 1.165) is 29.6 Å². The van der Waals surface area contributed by atoms with Crippen molar-refractivity contribution in [1.82, 2.24) is 0 Å². The van der Waals surface area contributed by atoms with Crippen molar-refractivity contribution in [3.05, 3.63) is 0 Å². The first kappa shape index (κ1) is 18.0. The number of hydrogen-bond acceptors (Lipinski definition) is 0. The van der Waals surface area contributed by atoms with Crippen LogP contribution in [0.4, 0.5) is 0 Å². The Bertz CT molecular complexity index is 180. The molecule has 0 saturated heterocycles. The van der Waals surface area contributed by atoms with Gasteiger partial charge in [-0.3, -0.25) is 0 Å². The van der Waals surface area contributed by atoms with Crippen LogP contribution in [0.15, 0.2) is 0 Å². The Kier molecular flexibility index (Phi) is 9.87. The summed E-state index contributed by atoms with van der Waals surface area (Å²) in [6.45, 7) is 16.7. The molecule has 0 aliphatic heterocycles. The second-order valence-electron chi connectivity index (χ2n) is 7.29. The zero-order valence-electron chi connectivity index (χ0n) is 14.1. The largest absolute Gasteiger partial charge is 0.0625 e. The Morgan fingerprint density at radius 2 is 0.944 bits per heavy atom. The second kappa shape index (κ2) is 9.87. The Morgan fingerprint density at radius 3 is 1.33 bits per heavy atom. The smallest absolute Gasteiger partial charge is 0.0394 e. The highest BCUT2D eigenvalue weighted by molar-refractivity contribution is 4.65. The van der Waals surface area contributed by atoms with Crippen LogP contribution < -0.4 is 0 Å². The SMILES string of the molecule is CC(C)C(C)CCCCCCC(C)C(C)C(C)C. The van der Waals surface area contributed by atoms with Gasteiger partial charge in [-0.1, -0.05) is 87.0 Å². The van der Waals surface area contributed by atoms with Gasteiger partial charge >= 0.3 is 0 Å². The molecular weight excluding hydrogens is 216 g/mol. The third-order valence-electron chi connectivity index (χ3n) is 5.16. The number of rotatable bonds is 10. The van der Waals surface area contributed by atoms with Gasteiger partial charge in [-0.05, 0) is 29.6 Å². The highest BCUT2D eigenvalue weighted by Gasteiger charge is 2.15. The van der Waals surface area contributed by atoms with Gasteiger partial charge in [0.05, 0.1) is 0 Å². The van der Waals surface area contributed by atoms with Gasteiger partial charge in [0.1, 0.15) is 0 Å². The van der Waals surface area contributed by atoms with Crippen LogP contribution in [-0.2, 0) is 0 Å². The fourth-order valence-electron chi connectivity index (χ4n) is 2.54. The van der Waals surface area contributed by atoms with Crippen molar-refractivity contribution in [1.29, 1.82) is 0 Å². The Labute approximate surface area is 117 Å².